The molecule has 0 amide bonds. The molecule has 0 atom stereocenters. The number of anilines is 3. The molecule has 3 N–H and O–H groups in total. The summed E-state index contributed by atoms with van der Waals surface area (Å²) in [5.74, 6) is 1.14. The summed E-state index contributed by atoms with van der Waals surface area (Å²) in [6, 6.07) is 4.99. The van der Waals surface area contributed by atoms with E-state index in [0.29, 0.717) is 64.5 Å². The smallest absolute Gasteiger partial charge is 0.333 e. The molecule has 0 aliphatic heterocycles. The molecule has 4 heterocycles. The predicted octanol–water partition coefficient (Wildman–Crippen LogP) is 3.79. The summed E-state index contributed by atoms with van der Waals surface area (Å²) in [7, 11) is -3.51. The van der Waals surface area contributed by atoms with E-state index in [1.807, 2.05) is 0 Å². The van der Waals surface area contributed by atoms with Gasteiger partial charge in [0.2, 0.25) is 0 Å². The van der Waals surface area contributed by atoms with Gasteiger partial charge in [-0.2, -0.15) is 23.1 Å². The van der Waals surface area contributed by atoms with Gasteiger partial charge in [-0.15, -0.1) is 0 Å². The number of alkyl halides is 2. The van der Waals surface area contributed by atoms with E-state index in [2.05, 4.69) is 35.8 Å². The number of rotatable bonds is 9. The third-order valence-corrected chi connectivity index (χ3v) is 9.02. The van der Waals surface area contributed by atoms with Crippen LogP contribution in [-0.2, 0) is 10.0 Å². The summed E-state index contributed by atoms with van der Waals surface area (Å²) in [6.45, 7) is -2.76. The number of nitrogens with one attached hydrogen (secondary N) is 2. The molecule has 0 radical (unpaired) electrons. The van der Waals surface area contributed by atoms with Crippen LogP contribution in [0.3, 0.4) is 0 Å². The van der Waals surface area contributed by atoms with Gasteiger partial charge in [0.1, 0.15) is 11.6 Å². The van der Waals surface area contributed by atoms with E-state index in [0.717, 1.165) is 16.9 Å². The molecule has 2 saturated carbocycles. The van der Waals surface area contributed by atoms with Crippen molar-refractivity contribution in [3.63, 3.8) is 0 Å². The number of hydrogen-bond acceptors (Lipinski definition) is 10. The highest BCUT2D eigenvalue weighted by Gasteiger charge is 2.37. The Labute approximate surface area is 228 Å². The van der Waals surface area contributed by atoms with E-state index in [-0.39, 0.29) is 18.0 Å². The topological polar surface area (TPSA) is 153 Å². The lowest BCUT2D eigenvalue weighted by Crippen LogP contribution is -2.28. The SMILES string of the molecule is O=S(=O)(C1CC1)n1cc(-c2nccc(Nc3cc(NC4CCC(O)CC4)c(-c4ccn(C(F)F)n4)cn3)n2)cn1. The molecule has 40 heavy (non-hydrogen) atoms. The zero-order valence-corrected chi connectivity index (χ0v) is 22.0. The van der Waals surface area contributed by atoms with Crippen LogP contribution < -0.4 is 10.6 Å². The first-order valence-corrected chi connectivity index (χ1v) is 14.4. The van der Waals surface area contributed by atoms with Crippen molar-refractivity contribution in [3.8, 4) is 22.6 Å². The van der Waals surface area contributed by atoms with Crippen LogP contribution in [0.4, 0.5) is 26.1 Å². The van der Waals surface area contributed by atoms with Gasteiger partial charge in [-0.05, 0) is 50.7 Å². The van der Waals surface area contributed by atoms with Crippen LogP contribution in [0.2, 0.25) is 0 Å². The average molecular weight is 572 g/mol. The first kappa shape index (κ1) is 26.3. The lowest BCUT2D eigenvalue weighted by Gasteiger charge is -2.28. The Morgan fingerprint density at radius 2 is 1.82 bits per heavy atom. The standard InChI is InChI=1S/C25H27F2N9O3S/c26-25(27)35-10-8-20(34-35)19-13-29-23(11-21(19)31-16-1-3-17(37)4-2-16)32-22-7-9-28-24(33-22)15-12-30-36(14-15)40(38,39)18-5-6-18/h7-14,16-18,25,37H,1-6H2,(H2,28,29,31,32,33). The lowest BCUT2D eigenvalue weighted by molar-refractivity contribution is 0.0568. The number of nitrogens with zero attached hydrogens (tertiary/aromatic N) is 7. The zero-order valence-electron chi connectivity index (χ0n) is 21.2. The fourth-order valence-electron chi connectivity index (χ4n) is 4.65. The Balaban J connectivity index is 1.26. The van der Waals surface area contributed by atoms with Crippen molar-refractivity contribution in [1.29, 1.82) is 0 Å². The Bertz CT molecular complexity index is 1610. The zero-order chi connectivity index (χ0) is 27.9. The van der Waals surface area contributed by atoms with Crippen LogP contribution in [0.1, 0.15) is 45.1 Å². The van der Waals surface area contributed by atoms with Gasteiger partial charge in [-0.25, -0.2) is 28.1 Å². The second-order valence-corrected chi connectivity index (χ2v) is 12.0. The van der Waals surface area contributed by atoms with E-state index < -0.39 is 21.8 Å². The largest absolute Gasteiger partial charge is 0.393 e. The van der Waals surface area contributed by atoms with Crippen molar-refractivity contribution in [2.24, 2.45) is 0 Å². The maximum atomic E-state index is 13.2. The highest BCUT2D eigenvalue weighted by Crippen LogP contribution is 2.33. The maximum absolute atomic E-state index is 13.2. The highest BCUT2D eigenvalue weighted by molar-refractivity contribution is 7.90. The predicted molar refractivity (Wildman–Crippen MR) is 142 cm³/mol. The molecular formula is C25H27F2N9O3S. The third-order valence-electron chi connectivity index (χ3n) is 6.98. The first-order valence-electron chi connectivity index (χ1n) is 12.9. The first-order chi connectivity index (χ1) is 19.3. The van der Waals surface area contributed by atoms with Gasteiger partial charge in [0.15, 0.2) is 5.82 Å². The van der Waals surface area contributed by atoms with Gasteiger partial charge in [0, 0.05) is 41.9 Å². The van der Waals surface area contributed by atoms with Gasteiger partial charge in [-0.3, -0.25) is 0 Å². The van der Waals surface area contributed by atoms with Crippen LogP contribution in [-0.4, -0.2) is 64.8 Å². The van der Waals surface area contributed by atoms with Crippen molar-refractivity contribution < 1.29 is 22.3 Å². The van der Waals surface area contributed by atoms with Gasteiger partial charge in [-0.1, -0.05) is 0 Å². The van der Waals surface area contributed by atoms with Crippen molar-refractivity contribution >= 4 is 27.3 Å². The van der Waals surface area contributed by atoms with Crippen LogP contribution in [0.5, 0.6) is 0 Å². The Morgan fingerprint density at radius 1 is 1.02 bits per heavy atom. The quantitative estimate of drug-likeness (QED) is 0.270. The van der Waals surface area contributed by atoms with Gasteiger partial charge >= 0.3 is 6.55 Å². The summed E-state index contributed by atoms with van der Waals surface area (Å²) < 4.78 is 52.8. The molecule has 0 unspecified atom stereocenters. The number of aromatic nitrogens is 7. The number of pyridine rings is 1. The second kappa shape index (κ2) is 10.5. The van der Waals surface area contributed by atoms with Crippen molar-refractivity contribution in [3.05, 3.63) is 49.2 Å². The molecule has 0 bridgehead atoms. The molecular weight excluding hydrogens is 544 g/mol. The fraction of sp³-hybridized carbons (Fsp3) is 0.400. The molecule has 0 aromatic carbocycles. The van der Waals surface area contributed by atoms with Crippen molar-refractivity contribution in [2.75, 3.05) is 10.6 Å². The van der Waals surface area contributed by atoms with E-state index in [9.17, 15) is 22.3 Å². The van der Waals surface area contributed by atoms with E-state index in [1.165, 1.54) is 30.9 Å². The van der Waals surface area contributed by atoms with E-state index in [4.69, 9.17) is 0 Å². The average Bonchev–Trinajstić information content (AvgIpc) is 3.48. The van der Waals surface area contributed by atoms with Crippen LogP contribution >= 0.6 is 0 Å². The summed E-state index contributed by atoms with van der Waals surface area (Å²) in [5.41, 5.74) is 2.01. The maximum Gasteiger partial charge on any atom is 0.333 e. The molecule has 4 aromatic heterocycles. The molecule has 2 aliphatic rings. The molecule has 6 rings (SSSR count). The second-order valence-electron chi connectivity index (χ2n) is 9.96. The lowest BCUT2D eigenvalue weighted by atomic mass is 9.93. The monoisotopic (exact) mass is 571 g/mol. The van der Waals surface area contributed by atoms with E-state index >= 15 is 0 Å². The summed E-state index contributed by atoms with van der Waals surface area (Å²) in [6.07, 6.45) is 10.9. The molecule has 2 fully saturated rings. The van der Waals surface area contributed by atoms with Gasteiger partial charge < -0.3 is 15.7 Å². The van der Waals surface area contributed by atoms with E-state index in [1.54, 1.807) is 18.3 Å². The summed E-state index contributed by atoms with van der Waals surface area (Å²) in [4.78, 5) is 13.2. The minimum Gasteiger partial charge on any atom is -0.393 e. The molecule has 4 aromatic rings. The number of hydrogen-bond donors (Lipinski definition) is 3. The fourth-order valence-corrected chi connectivity index (χ4v) is 6.13. The normalized spacial score (nSPS) is 19.6. The Hall–Kier alpha value is -3.98. The van der Waals surface area contributed by atoms with Gasteiger partial charge in [0.05, 0.1) is 35.0 Å². The summed E-state index contributed by atoms with van der Waals surface area (Å²) >= 11 is 0. The molecule has 12 nitrogen and oxygen atoms in total. The molecule has 0 saturated heterocycles. The summed E-state index contributed by atoms with van der Waals surface area (Å²) in [5, 5.41) is 24.1. The highest BCUT2D eigenvalue weighted by atomic mass is 32.2. The van der Waals surface area contributed by atoms with Crippen LogP contribution in [0.15, 0.2) is 49.2 Å². The number of halogens is 2. The molecule has 0 spiro atoms. The third kappa shape index (κ3) is 5.51. The Kier molecular flexibility index (Phi) is 6.92. The van der Waals surface area contributed by atoms with Crippen LogP contribution in [0.25, 0.3) is 22.6 Å². The number of aliphatic hydroxyl groups excluding tert-OH is 1. The van der Waals surface area contributed by atoms with Gasteiger partial charge in [0.25, 0.3) is 10.0 Å². The van der Waals surface area contributed by atoms with Crippen molar-refractivity contribution in [1.82, 2.24) is 33.9 Å². The number of aliphatic hydroxyl groups is 1. The molecule has 2 aliphatic carbocycles. The minimum atomic E-state index is -3.51. The Morgan fingerprint density at radius 3 is 2.55 bits per heavy atom. The molecule has 210 valence electrons. The van der Waals surface area contributed by atoms with Crippen molar-refractivity contribution in [2.45, 2.75) is 62.5 Å². The van der Waals surface area contributed by atoms with Crippen LogP contribution in [0, 0.1) is 0 Å². The molecule has 15 heteroatoms. The minimum absolute atomic E-state index is 0.0868.